The van der Waals surface area contributed by atoms with Gasteiger partial charge in [-0.3, -0.25) is 15.1 Å². The first kappa shape index (κ1) is 14.4. The Labute approximate surface area is 137 Å². The number of nitrogens with zero attached hydrogens (tertiary/aromatic N) is 5. The molecule has 0 saturated carbocycles. The second-order valence-electron chi connectivity index (χ2n) is 5.48. The van der Waals surface area contributed by atoms with Gasteiger partial charge in [0.15, 0.2) is 0 Å². The number of aromatic nitrogens is 2. The first-order valence-corrected chi connectivity index (χ1v) is 7.54. The predicted octanol–water partition coefficient (Wildman–Crippen LogP) is 3.75. The molecule has 0 amide bonds. The van der Waals surface area contributed by atoms with Crippen molar-refractivity contribution in [1.82, 2.24) is 14.8 Å². The number of anilines is 1. The fourth-order valence-corrected chi connectivity index (χ4v) is 2.64. The zero-order valence-electron chi connectivity index (χ0n) is 12.8. The summed E-state index contributed by atoms with van der Waals surface area (Å²) in [5.41, 5.74) is 6.06. The lowest BCUT2D eigenvalue weighted by Gasteiger charge is -2.21. The van der Waals surface area contributed by atoms with Gasteiger partial charge in [0.05, 0.1) is 30.1 Å². The van der Waals surface area contributed by atoms with E-state index in [0.29, 0.717) is 13.2 Å². The van der Waals surface area contributed by atoms with Gasteiger partial charge in [0.25, 0.3) is 0 Å². The molecular weight excluding hydrogens is 307 g/mol. The van der Waals surface area contributed by atoms with E-state index < -0.39 is 0 Å². The Hall–Kier alpha value is -3.22. The number of rotatable bonds is 4. The highest BCUT2D eigenvalue weighted by Gasteiger charge is 2.07. The fraction of sp³-hybridized carbons (Fsp3) is 0.118. The van der Waals surface area contributed by atoms with Crippen LogP contribution in [-0.4, -0.2) is 21.5 Å². The number of fused-ring (bicyclic) bond motifs is 1. The highest BCUT2D eigenvalue weighted by atomic mass is 19.1. The van der Waals surface area contributed by atoms with E-state index in [9.17, 15) is 4.39 Å². The number of benzene rings is 2. The summed E-state index contributed by atoms with van der Waals surface area (Å²) in [5.74, 6) is -0.234. The van der Waals surface area contributed by atoms with Gasteiger partial charge in [-0.1, -0.05) is 12.1 Å². The van der Waals surface area contributed by atoms with E-state index in [1.165, 1.54) is 12.1 Å². The summed E-state index contributed by atoms with van der Waals surface area (Å²) >= 11 is 0. The lowest BCUT2D eigenvalue weighted by Crippen LogP contribution is -2.25. The number of halogens is 1. The number of hydrogen-bond acceptors (Lipinski definition) is 5. The zero-order valence-corrected chi connectivity index (χ0v) is 12.8. The van der Waals surface area contributed by atoms with Crippen LogP contribution in [0.5, 0.6) is 0 Å². The Morgan fingerprint density at radius 3 is 2.96 bits per heavy atom. The zero-order chi connectivity index (χ0) is 16.4. The van der Waals surface area contributed by atoms with E-state index in [0.717, 1.165) is 22.2 Å². The third-order valence-corrected chi connectivity index (χ3v) is 3.75. The standard InChI is InChI=1S/C17H15FN6/c18-15-3-1-2-13(8-15)11-24-17-5-4-16(9-14(17)10-21-24)22-23-7-6-19-20-12-23/h1-10,22H,11-12H2. The van der Waals surface area contributed by atoms with Gasteiger partial charge >= 0.3 is 0 Å². The topological polar surface area (TPSA) is 57.8 Å². The minimum absolute atomic E-state index is 0.234. The minimum Gasteiger partial charge on any atom is -0.297 e. The molecule has 2 aromatic carbocycles. The molecule has 0 atom stereocenters. The second-order valence-corrected chi connectivity index (χ2v) is 5.48. The minimum atomic E-state index is -0.234. The molecule has 0 aliphatic carbocycles. The molecule has 3 aromatic rings. The number of hydrazine groups is 1. The molecule has 1 aliphatic rings. The summed E-state index contributed by atoms with van der Waals surface area (Å²) in [4.78, 5) is 0. The van der Waals surface area contributed by atoms with Crippen LogP contribution in [0.1, 0.15) is 5.56 Å². The average Bonchev–Trinajstić information content (AvgIpc) is 2.98. The maximum absolute atomic E-state index is 13.3. The van der Waals surface area contributed by atoms with Crippen molar-refractivity contribution in [3.63, 3.8) is 0 Å². The number of nitrogens with one attached hydrogen (secondary N) is 1. The SMILES string of the molecule is Fc1cccc(Cn2ncc3cc(NN4C=CN=NC4)ccc32)c1. The molecule has 1 N–H and O–H groups in total. The van der Waals surface area contributed by atoms with Gasteiger partial charge in [-0.15, -0.1) is 0 Å². The molecule has 7 heteroatoms. The van der Waals surface area contributed by atoms with Crippen molar-refractivity contribution in [2.24, 2.45) is 10.2 Å². The summed E-state index contributed by atoms with van der Waals surface area (Å²) in [5, 5.41) is 15.0. The van der Waals surface area contributed by atoms with Gasteiger partial charge in [0, 0.05) is 11.6 Å². The lowest BCUT2D eigenvalue weighted by atomic mass is 10.2. The maximum Gasteiger partial charge on any atom is 0.150 e. The summed E-state index contributed by atoms with van der Waals surface area (Å²) in [7, 11) is 0. The largest absolute Gasteiger partial charge is 0.297 e. The lowest BCUT2D eigenvalue weighted by molar-refractivity contribution is 0.440. The Morgan fingerprint density at radius 2 is 2.12 bits per heavy atom. The van der Waals surface area contributed by atoms with Crippen LogP contribution in [0.4, 0.5) is 10.1 Å². The van der Waals surface area contributed by atoms with E-state index in [-0.39, 0.29) is 5.82 Å². The molecule has 6 nitrogen and oxygen atoms in total. The van der Waals surface area contributed by atoms with E-state index in [1.54, 1.807) is 12.3 Å². The maximum atomic E-state index is 13.3. The monoisotopic (exact) mass is 322 g/mol. The Morgan fingerprint density at radius 1 is 1.17 bits per heavy atom. The van der Waals surface area contributed by atoms with E-state index in [1.807, 2.05) is 46.4 Å². The van der Waals surface area contributed by atoms with Gasteiger partial charge in [0.1, 0.15) is 12.5 Å². The van der Waals surface area contributed by atoms with Crippen LogP contribution >= 0.6 is 0 Å². The van der Waals surface area contributed by atoms with Crippen molar-refractivity contribution in [2.45, 2.75) is 6.54 Å². The van der Waals surface area contributed by atoms with Gasteiger partial charge in [0.2, 0.25) is 0 Å². The van der Waals surface area contributed by atoms with Crippen LogP contribution in [0.2, 0.25) is 0 Å². The molecule has 0 saturated heterocycles. The highest BCUT2D eigenvalue weighted by Crippen LogP contribution is 2.21. The van der Waals surface area contributed by atoms with E-state index >= 15 is 0 Å². The van der Waals surface area contributed by atoms with Crippen molar-refractivity contribution >= 4 is 16.6 Å². The van der Waals surface area contributed by atoms with Crippen LogP contribution in [0.3, 0.4) is 0 Å². The van der Waals surface area contributed by atoms with Gasteiger partial charge in [-0.2, -0.15) is 15.3 Å². The quantitative estimate of drug-likeness (QED) is 0.796. The van der Waals surface area contributed by atoms with Crippen LogP contribution < -0.4 is 5.43 Å². The first-order chi connectivity index (χ1) is 11.8. The third-order valence-electron chi connectivity index (χ3n) is 3.75. The molecule has 4 rings (SSSR count). The van der Waals surface area contributed by atoms with E-state index in [4.69, 9.17) is 0 Å². The summed E-state index contributed by atoms with van der Waals surface area (Å²) in [6, 6.07) is 12.6. The van der Waals surface area contributed by atoms with Crippen molar-refractivity contribution in [3.05, 3.63) is 72.4 Å². The molecule has 24 heavy (non-hydrogen) atoms. The van der Waals surface area contributed by atoms with Crippen molar-refractivity contribution < 1.29 is 4.39 Å². The average molecular weight is 322 g/mol. The van der Waals surface area contributed by atoms with Crippen LogP contribution in [0.15, 0.2) is 71.3 Å². The molecule has 0 unspecified atom stereocenters. The summed E-state index contributed by atoms with van der Waals surface area (Å²) in [6.45, 7) is 0.997. The van der Waals surface area contributed by atoms with E-state index in [2.05, 4.69) is 20.8 Å². The number of azo groups is 1. The molecule has 120 valence electrons. The highest BCUT2D eigenvalue weighted by molar-refractivity contribution is 5.82. The Bertz CT molecular complexity index is 930. The molecular formula is C17H15FN6. The smallest absolute Gasteiger partial charge is 0.150 e. The van der Waals surface area contributed by atoms with Crippen molar-refractivity contribution in [2.75, 3.05) is 12.1 Å². The Balaban J connectivity index is 1.56. The van der Waals surface area contributed by atoms with Crippen LogP contribution in [-0.2, 0) is 6.54 Å². The molecule has 1 aliphatic heterocycles. The van der Waals surface area contributed by atoms with Crippen LogP contribution in [0, 0.1) is 5.82 Å². The first-order valence-electron chi connectivity index (χ1n) is 7.54. The molecule has 1 aromatic heterocycles. The fourth-order valence-electron chi connectivity index (χ4n) is 2.64. The Kier molecular flexibility index (Phi) is 3.66. The van der Waals surface area contributed by atoms with Gasteiger partial charge < -0.3 is 0 Å². The normalized spacial score (nSPS) is 13.6. The molecule has 0 bridgehead atoms. The summed E-state index contributed by atoms with van der Waals surface area (Å²) in [6.07, 6.45) is 5.27. The van der Waals surface area contributed by atoms with Crippen molar-refractivity contribution in [1.29, 1.82) is 0 Å². The molecule has 0 spiro atoms. The van der Waals surface area contributed by atoms with Crippen LogP contribution in [0.25, 0.3) is 10.9 Å². The van der Waals surface area contributed by atoms with Crippen molar-refractivity contribution in [3.8, 4) is 0 Å². The van der Waals surface area contributed by atoms with Gasteiger partial charge in [-0.25, -0.2) is 4.39 Å². The van der Waals surface area contributed by atoms with Gasteiger partial charge in [-0.05, 0) is 35.9 Å². The molecule has 0 radical (unpaired) electrons. The summed E-state index contributed by atoms with van der Waals surface area (Å²) < 4.78 is 15.2. The number of hydrogen-bond donors (Lipinski definition) is 1. The third kappa shape index (κ3) is 2.96. The molecule has 0 fully saturated rings. The predicted molar refractivity (Wildman–Crippen MR) is 89.6 cm³/mol. The molecule has 2 heterocycles. The second kappa shape index (κ2) is 6.11.